The number of hydrogen-bond acceptors (Lipinski definition) is 6. The quantitative estimate of drug-likeness (QED) is 0.0548. The van der Waals surface area contributed by atoms with Crippen LogP contribution in [-0.4, -0.2) is 52.4 Å². The van der Waals surface area contributed by atoms with Gasteiger partial charge in [-0.15, -0.1) is 0 Å². The normalized spacial score (nSPS) is 12.9. The molecule has 274 valence electrons. The van der Waals surface area contributed by atoms with Crippen LogP contribution in [0, 0.1) is 10.1 Å². The summed E-state index contributed by atoms with van der Waals surface area (Å²) < 4.78 is 11.5. The number of rotatable bonds is 19. The Morgan fingerprint density at radius 3 is 1.96 bits per heavy atom. The van der Waals surface area contributed by atoms with Crippen LogP contribution < -0.4 is 4.74 Å². The van der Waals surface area contributed by atoms with Crippen molar-refractivity contribution in [2.75, 3.05) is 19.6 Å². The third kappa shape index (κ3) is 12.2. The summed E-state index contributed by atoms with van der Waals surface area (Å²) in [6.45, 7) is 1.88. The van der Waals surface area contributed by atoms with E-state index in [2.05, 4.69) is 4.90 Å². The summed E-state index contributed by atoms with van der Waals surface area (Å²) in [6, 6.07) is 34.7. The van der Waals surface area contributed by atoms with Gasteiger partial charge in [0.1, 0.15) is 13.2 Å². The summed E-state index contributed by atoms with van der Waals surface area (Å²) in [5, 5.41) is 11.8. The fraction of sp³-hybridized carbons (Fsp3) is 0.395. The monoisotopic (exact) mass is 705 g/mol. The number of nitrogens with zero attached hydrogens (tertiary/aromatic N) is 3. The van der Waals surface area contributed by atoms with Gasteiger partial charge in [-0.25, -0.2) is 4.79 Å². The molecule has 4 aromatic carbocycles. The van der Waals surface area contributed by atoms with Gasteiger partial charge in [-0.1, -0.05) is 123 Å². The lowest BCUT2D eigenvalue weighted by atomic mass is 9.93. The number of benzene rings is 4. The Labute approximate surface area is 307 Å². The van der Waals surface area contributed by atoms with Crippen LogP contribution in [0.3, 0.4) is 0 Å². The standard InChI is InChI=1S/C43H51N3O6/c47-42(28-31-44(30-27-35-16-6-1-7-17-35)43(48)52-34-38-21-10-3-11-22-38)45(39-23-13-4-14-24-39)29-15-5-12-18-36-25-26-41(40(32-36)46(49)50)51-33-37-19-8-2-9-20-37/h1-3,6-11,16-17,19-22,25-26,32,39H,4-5,12-15,18,23-24,27-31,33-34H2. The SMILES string of the molecule is O=C(OCc1ccccc1)N(CCC(=O)N(CCCCCc1ccc(OCc2ccccc2)c([N+](=O)[O-])c1)C1CCCCC1)CCc1ccccc1. The molecule has 0 N–H and O–H groups in total. The summed E-state index contributed by atoms with van der Waals surface area (Å²) in [6.07, 6.45) is 9.26. The Morgan fingerprint density at radius 2 is 1.31 bits per heavy atom. The third-order valence-corrected chi connectivity index (χ3v) is 9.73. The maximum Gasteiger partial charge on any atom is 0.410 e. The highest BCUT2D eigenvalue weighted by molar-refractivity contribution is 5.77. The second-order valence-corrected chi connectivity index (χ2v) is 13.5. The van der Waals surface area contributed by atoms with Crippen LogP contribution in [0.1, 0.15) is 80.0 Å². The van der Waals surface area contributed by atoms with Gasteiger partial charge in [0.15, 0.2) is 5.75 Å². The molecular formula is C43H51N3O6. The number of carbonyl (C=O) groups is 2. The largest absolute Gasteiger partial charge is 0.482 e. The highest BCUT2D eigenvalue weighted by Crippen LogP contribution is 2.30. The fourth-order valence-electron chi connectivity index (χ4n) is 6.80. The molecule has 0 unspecified atom stereocenters. The predicted octanol–water partition coefficient (Wildman–Crippen LogP) is 9.32. The number of amides is 2. The lowest BCUT2D eigenvalue weighted by Crippen LogP contribution is -2.44. The van der Waals surface area contributed by atoms with Crippen molar-refractivity contribution in [3.05, 3.63) is 142 Å². The van der Waals surface area contributed by atoms with Crippen molar-refractivity contribution in [1.29, 1.82) is 0 Å². The number of aryl methyl sites for hydroxylation is 1. The average molecular weight is 706 g/mol. The minimum Gasteiger partial charge on any atom is -0.482 e. The van der Waals surface area contributed by atoms with Crippen LogP contribution in [0.2, 0.25) is 0 Å². The molecule has 1 aliphatic carbocycles. The first-order valence-corrected chi connectivity index (χ1v) is 18.7. The van der Waals surface area contributed by atoms with Crippen molar-refractivity contribution < 1.29 is 24.0 Å². The lowest BCUT2D eigenvalue weighted by Gasteiger charge is -2.35. The second kappa shape index (κ2) is 20.6. The van der Waals surface area contributed by atoms with Gasteiger partial charge in [0.25, 0.3) is 0 Å². The minimum atomic E-state index is -0.409. The van der Waals surface area contributed by atoms with Crippen molar-refractivity contribution in [3.63, 3.8) is 0 Å². The summed E-state index contributed by atoms with van der Waals surface area (Å²) in [7, 11) is 0. The molecule has 9 nitrogen and oxygen atoms in total. The highest BCUT2D eigenvalue weighted by Gasteiger charge is 2.26. The Bertz CT molecular complexity index is 1680. The zero-order valence-corrected chi connectivity index (χ0v) is 30.1. The van der Waals surface area contributed by atoms with Crippen molar-refractivity contribution in [2.24, 2.45) is 0 Å². The predicted molar refractivity (Wildman–Crippen MR) is 203 cm³/mol. The molecule has 1 fully saturated rings. The van der Waals surface area contributed by atoms with E-state index in [0.717, 1.165) is 67.2 Å². The van der Waals surface area contributed by atoms with Crippen LogP contribution in [-0.2, 0) is 35.6 Å². The molecule has 0 atom stereocenters. The number of unbranched alkanes of at least 4 members (excludes halogenated alkanes) is 2. The van der Waals surface area contributed by atoms with Gasteiger partial charge in [-0.3, -0.25) is 14.9 Å². The van der Waals surface area contributed by atoms with E-state index in [-0.39, 0.29) is 47.9 Å². The van der Waals surface area contributed by atoms with Gasteiger partial charge < -0.3 is 19.3 Å². The molecule has 0 heterocycles. The smallest absolute Gasteiger partial charge is 0.410 e. The molecule has 2 amide bonds. The molecule has 0 aliphatic heterocycles. The third-order valence-electron chi connectivity index (χ3n) is 9.73. The number of carbonyl (C=O) groups excluding carboxylic acids is 2. The van der Waals surface area contributed by atoms with Gasteiger partial charge in [0.05, 0.1) is 4.92 Å². The molecular weight excluding hydrogens is 654 g/mol. The topological polar surface area (TPSA) is 102 Å². The molecule has 0 spiro atoms. The fourth-order valence-corrected chi connectivity index (χ4v) is 6.80. The van der Waals surface area contributed by atoms with Crippen molar-refractivity contribution in [3.8, 4) is 5.75 Å². The van der Waals surface area contributed by atoms with Gasteiger partial charge in [0.2, 0.25) is 5.91 Å². The van der Waals surface area contributed by atoms with E-state index in [1.54, 1.807) is 17.0 Å². The van der Waals surface area contributed by atoms with E-state index in [0.29, 0.717) is 32.5 Å². The van der Waals surface area contributed by atoms with Crippen molar-refractivity contribution in [2.45, 2.75) is 89.9 Å². The van der Waals surface area contributed by atoms with Gasteiger partial charge in [-0.05, 0) is 66.8 Å². The van der Waals surface area contributed by atoms with Crippen LogP contribution in [0.15, 0.2) is 109 Å². The van der Waals surface area contributed by atoms with E-state index >= 15 is 0 Å². The van der Waals surface area contributed by atoms with Gasteiger partial charge in [0, 0.05) is 38.2 Å². The zero-order valence-electron chi connectivity index (χ0n) is 30.1. The van der Waals surface area contributed by atoms with E-state index in [1.807, 2.05) is 97.1 Å². The number of hydrogen-bond donors (Lipinski definition) is 0. The molecule has 1 saturated carbocycles. The van der Waals surface area contributed by atoms with E-state index in [1.165, 1.54) is 6.42 Å². The van der Waals surface area contributed by atoms with Crippen molar-refractivity contribution >= 4 is 17.7 Å². The molecule has 0 radical (unpaired) electrons. The van der Waals surface area contributed by atoms with E-state index in [4.69, 9.17) is 9.47 Å². The molecule has 5 rings (SSSR count). The summed E-state index contributed by atoms with van der Waals surface area (Å²) in [5.74, 6) is 0.344. The number of ether oxygens (including phenoxy) is 2. The van der Waals surface area contributed by atoms with Crippen LogP contribution in [0.5, 0.6) is 5.75 Å². The first-order valence-electron chi connectivity index (χ1n) is 18.7. The molecule has 9 heteroatoms. The van der Waals surface area contributed by atoms with Gasteiger partial charge in [-0.2, -0.15) is 0 Å². The maximum atomic E-state index is 13.9. The van der Waals surface area contributed by atoms with Crippen molar-refractivity contribution in [1.82, 2.24) is 9.80 Å². The maximum absolute atomic E-state index is 13.9. The first-order chi connectivity index (χ1) is 25.5. The molecule has 4 aromatic rings. The Balaban J connectivity index is 1.14. The Morgan fingerprint density at radius 1 is 0.673 bits per heavy atom. The van der Waals surface area contributed by atoms with E-state index < -0.39 is 6.09 Å². The highest BCUT2D eigenvalue weighted by atomic mass is 16.6. The first kappa shape index (κ1) is 38.1. The van der Waals surface area contributed by atoms with Crippen LogP contribution in [0.4, 0.5) is 10.5 Å². The molecule has 1 aliphatic rings. The van der Waals surface area contributed by atoms with E-state index in [9.17, 15) is 19.7 Å². The summed E-state index contributed by atoms with van der Waals surface area (Å²) >= 11 is 0. The Hall–Kier alpha value is -5.18. The molecule has 0 bridgehead atoms. The zero-order chi connectivity index (χ0) is 36.4. The minimum absolute atomic E-state index is 0.0238. The van der Waals surface area contributed by atoms with Crippen LogP contribution in [0.25, 0.3) is 0 Å². The lowest BCUT2D eigenvalue weighted by molar-refractivity contribution is -0.386. The van der Waals surface area contributed by atoms with Gasteiger partial charge >= 0.3 is 11.8 Å². The number of nitro groups is 1. The number of nitro benzene ring substituents is 1. The molecule has 52 heavy (non-hydrogen) atoms. The summed E-state index contributed by atoms with van der Waals surface area (Å²) in [4.78, 5) is 42.3. The average Bonchev–Trinajstić information content (AvgIpc) is 3.19. The second-order valence-electron chi connectivity index (χ2n) is 13.5. The van der Waals surface area contributed by atoms with Crippen LogP contribution >= 0.6 is 0 Å². The Kier molecular flexibility index (Phi) is 15.1. The summed E-state index contributed by atoms with van der Waals surface area (Å²) in [5.41, 5.74) is 3.86. The molecule has 0 aromatic heterocycles. The molecule has 0 saturated heterocycles.